The van der Waals surface area contributed by atoms with Crippen molar-refractivity contribution >= 4 is 16.5 Å². The van der Waals surface area contributed by atoms with Crippen LogP contribution >= 0.6 is 16.5 Å². The molecular weight excluding hydrogens is 262 g/mol. The Morgan fingerprint density at radius 2 is 1.06 bits per heavy atom. The maximum absolute atomic E-state index is 11.6. The van der Waals surface area contributed by atoms with Crippen molar-refractivity contribution in [3.05, 3.63) is 0 Å². The average Bonchev–Trinajstić information content (AvgIpc) is 2.43. The van der Waals surface area contributed by atoms with E-state index in [-0.39, 0.29) is 0 Å². The molecule has 0 spiro atoms. The molecule has 1 aliphatic rings. The zero-order valence-electron chi connectivity index (χ0n) is 10.9. The van der Waals surface area contributed by atoms with Crippen molar-refractivity contribution in [2.45, 2.75) is 64.6 Å². The lowest BCUT2D eigenvalue weighted by atomic mass is 9.75. The van der Waals surface area contributed by atoms with Crippen LogP contribution in [0.1, 0.15) is 53.4 Å². The van der Waals surface area contributed by atoms with Gasteiger partial charge in [-0.15, -0.1) is 0 Å². The first-order valence-corrected chi connectivity index (χ1v) is 8.58. The molecule has 1 fully saturated rings. The molecule has 0 N–H and O–H groups in total. The lowest BCUT2D eigenvalue weighted by Gasteiger charge is -2.45. The van der Waals surface area contributed by atoms with Gasteiger partial charge in [-0.2, -0.15) is 0 Å². The topological polar surface area (TPSA) is 61.8 Å². The summed E-state index contributed by atoms with van der Waals surface area (Å²) in [5, 5.41) is 0. The predicted octanol–water partition coefficient (Wildman–Crippen LogP) is 3.95. The highest BCUT2D eigenvalue weighted by Crippen LogP contribution is 2.57. The third-order valence-electron chi connectivity index (χ3n) is 3.84. The Labute approximate surface area is 104 Å². The van der Waals surface area contributed by atoms with Crippen LogP contribution in [0.2, 0.25) is 0 Å². The average molecular weight is 284 g/mol. The van der Waals surface area contributed by atoms with Gasteiger partial charge in [0.25, 0.3) is 0 Å². The molecule has 1 heterocycles. The van der Waals surface area contributed by atoms with Gasteiger partial charge in [0.2, 0.25) is 0 Å². The molecule has 102 valence electrons. The summed E-state index contributed by atoms with van der Waals surface area (Å²) in [6, 6.07) is 0. The predicted molar refractivity (Wildman–Crippen MR) is 67.9 cm³/mol. The van der Waals surface area contributed by atoms with E-state index in [1.54, 1.807) is 0 Å². The number of rotatable bonds is 4. The van der Waals surface area contributed by atoms with E-state index in [2.05, 4.69) is 0 Å². The van der Waals surface area contributed by atoms with Crippen LogP contribution in [0.4, 0.5) is 0 Å². The van der Waals surface area contributed by atoms with Gasteiger partial charge in [0.1, 0.15) is 11.2 Å². The minimum Gasteiger partial charge on any atom is -0.301 e. The van der Waals surface area contributed by atoms with Crippen LogP contribution in [0.5, 0.6) is 0 Å². The molecule has 0 amide bonds. The van der Waals surface area contributed by atoms with Gasteiger partial charge >= 0.3 is 16.5 Å². The van der Waals surface area contributed by atoms with Crippen LogP contribution < -0.4 is 0 Å². The Kier molecular flexibility index (Phi) is 5.42. The van der Waals surface area contributed by atoms with Gasteiger partial charge in [-0.05, 0) is 25.7 Å². The minimum atomic E-state index is -2.74. The summed E-state index contributed by atoms with van der Waals surface area (Å²) >= 11 is 0. The third-order valence-corrected chi connectivity index (χ3v) is 6.29. The lowest BCUT2D eigenvalue weighted by molar-refractivity contribution is -0.116. The highest BCUT2D eigenvalue weighted by molar-refractivity contribution is 7.47. The van der Waals surface area contributed by atoms with Gasteiger partial charge in [-0.25, -0.2) is 4.31 Å². The zero-order valence-corrected chi connectivity index (χ0v) is 12.9. The molecule has 0 aromatic carbocycles. The molecule has 2 atom stereocenters. The van der Waals surface area contributed by atoms with Gasteiger partial charge in [-0.3, -0.25) is 9.13 Å². The molecule has 5 nitrogen and oxygen atoms in total. The van der Waals surface area contributed by atoms with Gasteiger partial charge < -0.3 is 9.05 Å². The summed E-state index contributed by atoms with van der Waals surface area (Å²) in [5.41, 5.74) is -1.35. The molecule has 1 aliphatic heterocycles. The van der Waals surface area contributed by atoms with E-state index < -0.39 is 27.7 Å². The van der Waals surface area contributed by atoms with Crippen molar-refractivity contribution in [2.24, 2.45) is 0 Å². The van der Waals surface area contributed by atoms with Crippen LogP contribution in [0, 0.1) is 0 Å². The fourth-order valence-electron chi connectivity index (χ4n) is 2.69. The molecule has 17 heavy (non-hydrogen) atoms. The molecule has 0 aromatic rings. The molecular formula is C10H22O5P2. The number of hydrogen-bond acceptors (Lipinski definition) is 5. The number of hydrogen-bond donors (Lipinski definition) is 0. The molecule has 0 radical (unpaired) electrons. The normalized spacial score (nSPS) is 32.0. The second kappa shape index (κ2) is 5.99. The highest BCUT2D eigenvalue weighted by Gasteiger charge is 2.53. The van der Waals surface area contributed by atoms with Crippen LogP contribution in [-0.4, -0.2) is 11.2 Å². The Bertz CT molecular complexity index is 280. The Morgan fingerprint density at radius 1 is 0.765 bits per heavy atom. The SMILES string of the molecule is CCC1(CC)O[PH](=O)O[PH](=O)OC1(CC)CC. The first kappa shape index (κ1) is 15.4. The Balaban J connectivity index is 3.26. The Morgan fingerprint density at radius 3 is 1.29 bits per heavy atom. The molecule has 0 aromatic heterocycles. The van der Waals surface area contributed by atoms with E-state index in [0.29, 0.717) is 25.7 Å². The van der Waals surface area contributed by atoms with Crippen LogP contribution in [0.3, 0.4) is 0 Å². The maximum atomic E-state index is 11.6. The van der Waals surface area contributed by atoms with Crippen molar-refractivity contribution in [2.75, 3.05) is 0 Å². The standard InChI is InChI=1S/C10H22O5P2/c1-5-9(6-2)10(7-3,8-4)14-17(12)15-16(11)13-9/h16-17H,5-8H2,1-4H3. The molecule has 1 saturated heterocycles. The molecule has 7 heteroatoms. The fourth-order valence-corrected chi connectivity index (χ4v) is 5.16. The monoisotopic (exact) mass is 284 g/mol. The van der Waals surface area contributed by atoms with Gasteiger partial charge in [0.15, 0.2) is 0 Å². The van der Waals surface area contributed by atoms with E-state index in [4.69, 9.17) is 13.4 Å². The minimum absolute atomic E-state index is 0.653. The summed E-state index contributed by atoms with van der Waals surface area (Å²) in [5.74, 6) is 0. The molecule has 2 unspecified atom stereocenters. The van der Waals surface area contributed by atoms with Crippen molar-refractivity contribution < 1.29 is 22.5 Å². The first-order chi connectivity index (χ1) is 7.99. The van der Waals surface area contributed by atoms with E-state index in [1.165, 1.54) is 0 Å². The fraction of sp³-hybridized carbons (Fsp3) is 1.00. The lowest BCUT2D eigenvalue weighted by Crippen LogP contribution is -2.53. The van der Waals surface area contributed by atoms with E-state index >= 15 is 0 Å². The van der Waals surface area contributed by atoms with Crippen LogP contribution in [0.25, 0.3) is 0 Å². The Hall–Kier alpha value is 0.340. The highest BCUT2D eigenvalue weighted by atomic mass is 31.2. The molecule has 1 rings (SSSR count). The van der Waals surface area contributed by atoms with Crippen LogP contribution in [0.15, 0.2) is 0 Å². The second-order valence-electron chi connectivity index (χ2n) is 4.21. The van der Waals surface area contributed by atoms with Gasteiger partial charge in [-0.1, -0.05) is 27.7 Å². The summed E-state index contributed by atoms with van der Waals surface area (Å²) in [6.07, 6.45) is 2.61. The van der Waals surface area contributed by atoms with Crippen molar-refractivity contribution in [3.63, 3.8) is 0 Å². The van der Waals surface area contributed by atoms with E-state index in [9.17, 15) is 9.13 Å². The van der Waals surface area contributed by atoms with Gasteiger partial charge in [0, 0.05) is 0 Å². The summed E-state index contributed by atoms with van der Waals surface area (Å²) in [6.45, 7) is 7.85. The quantitative estimate of drug-likeness (QED) is 0.731. The summed E-state index contributed by atoms with van der Waals surface area (Å²) in [7, 11) is -5.48. The van der Waals surface area contributed by atoms with E-state index in [0.717, 1.165) is 0 Å². The van der Waals surface area contributed by atoms with E-state index in [1.807, 2.05) is 27.7 Å². The second-order valence-corrected chi connectivity index (χ2v) is 6.43. The van der Waals surface area contributed by atoms with Crippen molar-refractivity contribution in [1.82, 2.24) is 0 Å². The van der Waals surface area contributed by atoms with Crippen molar-refractivity contribution in [1.29, 1.82) is 0 Å². The zero-order chi connectivity index (χ0) is 13.1. The summed E-state index contributed by atoms with van der Waals surface area (Å²) < 4.78 is 39.2. The summed E-state index contributed by atoms with van der Waals surface area (Å²) in [4.78, 5) is 0. The molecule has 0 saturated carbocycles. The molecule has 0 aliphatic carbocycles. The van der Waals surface area contributed by atoms with Gasteiger partial charge in [0.05, 0.1) is 0 Å². The third kappa shape index (κ3) is 2.69. The van der Waals surface area contributed by atoms with Crippen LogP contribution in [-0.2, 0) is 22.5 Å². The first-order valence-electron chi connectivity index (χ1n) is 6.13. The smallest absolute Gasteiger partial charge is 0.301 e. The van der Waals surface area contributed by atoms with Crippen molar-refractivity contribution in [3.8, 4) is 0 Å². The molecule has 0 bridgehead atoms. The maximum Gasteiger partial charge on any atom is 0.326 e. The largest absolute Gasteiger partial charge is 0.326 e.